The number of carbonyl (C=O) groups is 2. The van der Waals surface area contributed by atoms with E-state index in [1.54, 1.807) is 0 Å². The summed E-state index contributed by atoms with van der Waals surface area (Å²) in [6, 6.07) is 0. The minimum atomic E-state index is -0.466. The van der Waals surface area contributed by atoms with Gasteiger partial charge in [-0.1, -0.05) is 78.1 Å². The van der Waals surface area contributed by atoms with Gasteiger partial charge in [-0.2, -0.15) is 0 Å². The number of carbonyl (C=O) groups excluding carboxylic acids is 2. The fourth-order valence-corrected chi connectivity index (χ4v) is 2.36. The maximum absolute atomic E-state index is 11.5. The van der Waals surface area contributed by atoms with Crippen LogP contribution < -0.4 is 0 Å². The van der Waals surface area contributed by atoms with Crippen molar-refractivity contribution in [2.24, 2.45) is 0 Å². The van der Waals surface area contributed by atoms with Crippen LogP contribution in [-0.4, -0.2) is 51.0 Å². The Labute approximate surface area is 167 Å². The normalized spacial score (nSPS) is 10.1. The van der Waals surface area contributed by atoms with E-state index in [0.717, 1.165) is 25.7 Å². The van der Waals surface area contributed by atoms with Crippen LogP contribution in [0.2, 0.25) is 0 Å². The van der Waals surface area contributed by atoms with E-state index in [1.807, 2.05) is 0 Å². The molecule has 0 aromatic rings. The fraction of sp³-hybridized carbons (Fsp3) is 0.895. The van der Waals surface area contributed by atoms with Crippen molar-refractivity contribution in [3.63, 3.8) is 0 Å². The fourth-order valence-electron chi connectivity index (χ4n) is 2.36. The van der Waals surface area contributed by atoms with Gasteiger partial charge >= 0.3 is 37.8 Å². The Morgan fingerprint density at radius 3 is 1.29 bits per heavy atom. The Kier molecular flexibility index (Phi) is 22.6. The van der Waals surface area contributed by atoms with Gasteiger partial charge in [0, 0.05) is 0 Å². The molecule has 0 fully saturated rings. The zero-order valence-electron chi connectivity index (χ0n) is 15.2. The van der Waals surface area contributed by atoms with Gasteiger partial charge in [0.25, 0.3) is 0 Å². The first-order valence-corrected chi connectivity index (χ1v) is 9.52. The summed E-state index contributed by atoms with van der Waals surface area (Å²) in [5.74, 6) is -0.932. The van der Waals surface area contributed by atoms with Crippen LogP contribution >= 0.6 is 0 Å². The quantitative estimate of drug-likeness (QED) is 0.204. The van der Waals surface area contributed by atoms with Crippen LogP contribution in [0.1, 0.15) is 97.3 Å². The Balaban J connectivity index is 0. The summed E-state index contributed by atoms with van der Waals surface area (Å²) >= 11 is 0. The van der Waals surface area contributed by atoms with Crippen LogP contribution in [-0.2, 0) is 19.1 Å². The number of esters is 2. The predicted molar refractivity (Wildman–Crippen MR) is 103 cm³/mol. The third-order valence-corrected chi connectivity index (χ3v) is 3.81. The molecular weight excluding hydrogens is 407 g/mol. The van der Waals surface area contributed by atoms with Crippen molar-refractivity contribution in [1.29, 1.82) is 0 Å². The van der Waals surface area contributed by atoms with E-state index in [2.05, 4.69) is 13.8 Å². The van der Waals surface area contributed by atoms with Crippen LogP contribution in [0.15, 0.2) is 0 Å². The van der Waals surface area contributed by atoms with Gasteiger partial charge in [-0.25, -0.2) is 0 Å². The molecule has 142 valence electrons. The maximum atomic E-state index is 11.5. The van der Waals surface area contributed by atoms with E-state index in [-0.39, 0.29) is 32.3 Å². The zero-order valence-corrected chi connectivity index (χ0v) is 15.2. The average molecular weight is 446 g/mol. The van der Waals surface area contributed by atoms with Crippen LogP contribution in [0.4, 0.5) is 0 Å². The van der Waals surface area contributed by atoms with Crippen molar-refractivity contribution in [1.82, 2.24) is 0 Å². The number of unbranched alkanes of at least 4 members (excludes halogenated alkanes) is 10. The second kappa shape index (κ2) is 20.9. The molecule has 0 bridgehead atoms. The van der Waals surface area contributed by atoms with Crippen molar-refractivity contribution >= 4 is 37.8 Å². The zero-order chi connectivity index (χ0) is 17.2. The van der Waals surface area contributed by atoms with Gasteiger partial charge < -0.3 is 9.47 Å². The SMILES string of the molecule is CCCCCCCCOC(=O)CC(=O)OCCCCCCCC.[InH3]. The van der Waals surface area contributed by atoms with Crippen molar-refractivity contribution in [3.8, 4) is 0 Å². The molecule has 0 rings (SSSR count). The molecule has 0 atom stereocenters. The second-order valence-corrected chi connectivity index (χ2v) is 6.15. The van der Waals surface area contributed by atoms with Gasteiger partial charge in [-0.3, -0.25) is 9.59 Å². The molecule has 4 nitrogen and oxygen atoms in total. The van der Waals surface area contributed by atoms with E-state index >= 15 is 0 Å². The summed E-state index contributed by atoms with van der Waals surface area (Å²) in [6.07, 6.45) is 13.5. The summed E-state index contributed by atoms with van der Waals surface area (Å²) in [5.41, 5.74) is 0. The summed E-state index contributed by atoms with van der Waals surface area (Å²) < 4.78 is 10.1. The summed E-state index contributed by atoms with van der Waals surface area (Å²) in [4.78, 5) is 22.9. The molecule has 0 spiro atoms. The number of rotatable bonds is 16. The summed E-state index contributed by atoms with van der Waals surface area (Å²) in [5, 5.41) is 0. The number of hydrogen-bond donors (Lipinski definition) is 0. The molecule has 24 heavy (non-hydrogen) atoms. The predicted octanol–water partition coefficient (Wildman–Crippen LogP) is 4.00. The van der Waals surface area contributed by atoms with Gasteiger partial charge in [0.05, 0.1) is 13.2 Å². The van der Waals surface area contributed by atoms with E-state index in [0.29, 0.717) is 13.2 Å². The van der Waals surface area contributed by atoms with Gasteiger partial charge in [-0.15, -0.1) is 0 Å². The molecule has 5 heteroatoms. The third-order valence-electron chi connectivity index (χ3n) is 3.81. The van der Waals surface area contributed by atoms with E-state index in [1.165, 1.54) is 51.4 Å². The molecule has 0 aliphatic carbocycles. The Morgan fingerprint density at radius 1 is 0.583 bits per heavy atom. The van der Waals surface area contributed by atoms with Crippen LogP contribution in [0.5, 0.6) is 0 Å². The summed E-state index contributed by atoms with van der Waals surface area (Å²) in [7, 11) is 0. The minimum absolute atomic E-state index is 0. The molecule has 0 heterocycles. The molecule has 0 saturated carbocycles. The topological polar surface area (TPSA) is 52.6 Å². The Hall–Kier alpha value is -0.190. The molecule has 0 aromatic carbocycles. The Morgan fingerprint density at radius 2 is 0.917 bits per heavy atom. The number of ether oxygens (including phenoxy) is 2. The first kappa shape index (κ1) is 26.0. The molecule has 0 unspecified atom stereocenters. The van der Waals surface area contributed by atoms with Crippen LogP contribution in [0, 0.1) is 0 Å². The van der Waals surface area contributed by atoms with Crippen LogP contribution in [0.3, 0.4) is 0 Å². The molecule has 0 amide bonds. The molecule has 0 N–H and O–H groups in total. The molecular formula is C19H39InO4. The van der Waals surface area contributed by atoms with Gasteiger partial charge in [-0.05, 0) is 12.8 Å². The van der Waals surface area contributed by atoms with Crippen molar-refractivity contribution < 1.29 is 19.1 Å². The van der Waals surface area contributed by atoms with Gasteiger partial charge in [0.1, 0.15) is 6.42 Å². The van der Waals surface area contributed by atoms with Crippen LogP contribution in [0.25, 0.3) is 0 Å². The first-order chi connectivity index (χ1) is 11.2. The third kappa shape index (κ3) is 19.9. The van der Waals surface area contributed by atoms with Crippen molar-refractivity contribution in [2.45, 2.75) is 97.3 Å². The van der Waals surface area contributed by atoms with E-state index in [9.17, 15) is 9.59 Å². The van der Waals surface area contributed by atoms with Crippen molar-refractivity contribution in [2.75, 3.05) is 13.2 Å². The average Bonchev–Trinajstić information content (AvgIpc) is 2.53. The Bertz CT molecular complexity index is 267. The standard InChI is InChI=1S/C19H36O4.In.3H/c1-3-5-7-9-11-13-15-22-18(20)17-19(21)23-16-14-12-10-8-6-4-2;;;;/h3-17H2,1-2H3;;;;. The molecule has 0 aliphatic heterocycles. The molecule has 0 radical (unpaired) electrons. The van der Waals surface area contributed by atoms with E-state index < -0.39 is 11.9 Å². The second-order valence-electron chi connectivity index (χ2n) is 6.15. The monoisotopic (exact) mass is 446 g/mol. The number of hydrogen-bond acceptors (Lipinski definition) is 4. The molecule has 0 saturated heterocycles. The van der Waals surface area contributed by atoms with Crippen molar-refractivity contribution in [3.05, 3.63) is 0 Å². The molecule has 0 aromatic heterocycles. The summed E-state index contributed by atoms with van der Waals surface area (Å²) in [6.45, 7) is 5.20. The molecule has 0 aliphatic rings. The first-order valence-electron chi connectivity index (χ1n) is 9.52. The van der Waals surface area contributed by atoms with E-state index in [4.69, 9.17) is 9.47 Å². The van der Waals surface area contributed by atoms with Gasteiger partial charge in [0.15, 0.2) is 0 Å². The van der Waals surface area contributed by atoms with Gasteiger partial charge in [0.2, 0.25) is 0 Å².